The number of rotatable bonds is 4. The smallest absolute Gasteiger partial charge is 0.395 e. The lowest BCUT2D eigenvalue weighted by Crippen LogP contribution is -2.43. The van der Waals surface area contributed by atoms with Gasteiger partial charge in [0, 0.05) is 20.2 Å². The Balaban J connectivity index is 2.00. The van der Waals surface area contributed by atoms with Crippen molar-refractivity contribution in [1.82, 2.24) is 10.6 Å². The second-order valence-corrected chi connectivity index (χ2v) is 3.91. The quantitative estimate of drug-likeness (QED) is 0.575. The number of hydrogen-bond acceptors (Lipinski definition) is 6. The van der Waals surface area contributed by atoms with Gasteiger partial charge >= 0.3 is 5.88 Å². The van der Waals surface area contributed by atoms with Gasteiger partial charge in [0.1, 0.15) is 4.92 Å². The van der Waals surface area contributed by atoms with Crippen LogP contribution in [-0.4, -0.2) is 43.2 Å². The number of methoxy groups -OCH3 is 1. The van der Waals surface area contributed by atoms with Crippen LogP contribution in [0.4, 0.5) is 5.88 Å². The fourth-order valence-electron chi connectivity index (χ4n) is 1.83. The Morgan fingerprint density at radius 3 is 3.00 bits per heavy atom. The van der Waals surface area contributed by atoms with Gasteiger partial charge in [-0.2, -0.15) is 0 Å². The van der Waals surface area contributed by atoms with E-state index in [2.05, 4.69) is 10.6 Å². The van der Waals surface area contributed by atoms with Gasteiger partial charge in [-0.15, -0.1) is 0 Å². The number of nitrogens with zero attached hydrogens (tertiary/aromatic N) is 1. The van der Waals surface area contributed by atoms with Crippen LogP contribution in [0.15, 0.2) is 16.5 Å². The topological polar surface area (TPSA) is 107 Å². The molecule has 0 saturated carbocycles. The number of carbonyl (C=O) groups excluding carboxylic acids is 1. The Morgan fingerprint density at radius 2 is 2.39 bits per heavy atom. The Bertz CT molecular complexity index is 458. The van der Waals surface area contributed by atoms with Crippen molar-refractivity contribution in [3.05, 3.63) is 28.0 Å². The van der Waals surface area contributed by atoms with Crippen molar-refractivity contribution in [3.8, 4) is 0 Å². The second-order valence-electron chi connectivity index (χ2n) is 3.91. The first-order valence-electron chi connectivity index (χ1n) is 5.40. The van der Waals surface area contributed by atoms with Crippen molar-refractivity contribution < 1.29 is 18.9 Å². The first kappa shape index (κ1) is 12.5. The van der Waals surface area contributed by atoms with E-state index < -0.39 is 16.7 Å². The Hall–Kier alpha value is -1.93. The average Bonchev–Trinajstić information content (AvgIpc) is 2.96. The number of nitrogens with one attached hydrogen (secondary N) is 2. The minimum atomic E-state index is -0.689. The summed E-state index contributed by atoms with van der Waals surface area (Å²) in [7, 11) is 1.56. The van der Waals surface area contributed by atoms with Gasteiger partial charge in [0.15, 0.2) is 5.76 Å². The molecule has 1 aromatic heterocycles. The molecule has 2 N–H and O–H groups in total. The molecule has 2 atom stereocenters. The van der Waals surface area contributed by atoms with Crippen LogP contribution in [-0.2, 0) is 4.74 Å². The summed E-state index contributed by atoms with van der Waals surface area (Å²) in [5.74, 6) is -1.02. The highest BCUT2D eigenvalue weighted by Crippen LogP contribution is 2.16. The summed E-state index contributed by atoms with van der Waals surface area (Å²) >= 11 is 0. The molecule has 1 aliphatic heterocycles. The van der Waals surface area contributed by atoms with Crippen LogP contribution in [0.3, 0.4) is 0 Å². The predicted molar refractivity (Wildman–Crippen MR) is 60.3 cm³/mol. The van der Waals surface area contributed by atoms with Crippen LogP contribution in [0.25, 0.3) is 0 Å². The number of ether oxygens (including phenoxy) is 1. The zero-order valence-corrected chi connectivity index (χ0v) is 9.71. The summed E-state index contributed by atoms with van der Waals surface area (Å²) < 4.78 is 10.0. The molecule has 98 valence electrons. The van der Waals surface area contributed by atoms with Crippen molar-refractivity contribution in [1.29, 1.82) is 0 Å². The van der Waals surface area contributed by atoms with E-state index >= 15 is 0 Å². The molecule has 1 aliphatic rings. The summed E-state index contributed by atoms with van der Waals surface area (Å²) in [6, 6.07) is 2.25. The van der Waals surface area contributed by atoms with Gasteiger partial charge in [-0.1, -0.05) is 0 Å². The molecule has 2 heterocycles. The van der Waals surface area contributed by atoms with E-state index in [9.17, 15) is 14.9 Å². The van der Waals surface area contributed by atoms with E-state index in [1.165, 1.54) is 6.07 Å². The normalized spacial score (nSPS) is 22.9. The minimum absolute atomic E-state index is 0.0801. The molecule has 0 radical (unpaired) electrons. The summed E-state index contributed by atoms with van der Waals surface area (Å²) in [4.78, 5) is 21.5. The molecule has 1 unspecified atom stereocenters. The van der Waals surface area contributed by atoms with E-state index in [0.29, 0.717) is 13.1 Å². The summed E-state index contributed by atoms with van der Waals surface area (Å²) in [5.41, 5.74) is 0. The first-order valence-corrected chi connectivity index (χ1v) is 5.40. The lowest BCUT2D eigenvalue weighted by molar-refractivity contribution is -0.402. The lowest BCUT2D eigenvalue weighted by atomic mass is 10.2. The Labute approximate surface area is 102 Å². The van der Waals surface area contributed by atoms with Crippen molar-refractivity contribution in [2.24, 2.45) is 0 Å². The molecule has 18 heavy (non-hydrogen) atoms. The number of nitro groups is 1. The summed E-state index contributed by atoms with van der Waals surface area (Å²) in [5, 5.41) is 16.2. The van der Waals surface area contributed by atoms with Gasteiger partial charge in [0.2, 0.25) is 0 Å². The Kier molecular flexibility index (Phi) is 3.58. The van der Waals surface area contributed by atoms with E-state index in [-0.39, 0.29) is 17.9 Å². The summed E-state index contributed by atoms with van der Waals surface area (Å²) in [6.07, 6.45) is -0.112. The molecule has 0 aliphatic carbocycles. The minimum Gasteiger partial charge on any atom is -0.395 e. The molecule has 8 heteroatoms. The zero-order valence-electron chi connectivity index (χ0n) is 9.71. The molecule has 1 saturated heterocycles. The molecule has 2 rings (SSSR count). The molecule has 1 aromatic rings. The van der Waals surface area contributed by atoms with Crippen molar-refractivity contribution in [3.63, 3.8) is 0 Å². The van der Waals surface area contributed by atoms with Crippen molar-refractivity contribution in [2.45, 2.75) is 12.1 Å². The maximum absolute atomic E-state index is 11.8. The highest BCUT2D eigenvalue weighted by atomic mass is 16.6. The monoisotopic (exact) mass is 255 g/mol. The number of hydrogen-bond donors (Lipinski definition) is 2. The molecule has 1 fully saturated rings. The number of furan rings is 1. The fourth-order valence-corrected chi connectivity index (χ4v) is 1.83. The molecule has 0 aromatic carbocycles. The standard InChI is InChI=1S/C10H13N3O5/c1-17-8-5-11-4-6(8)12-10(14)7-2-3-9(18-7)13(15)16/h2-3,6,8,11H,4-5H2,1H3,(H,12,14)/t6?,8-/m0/s1. The number of amides is 1. The van der Waals surface area contributed by atoms with E-state index in [0.717, 1.165) is 6.07 Å². The van der Waals surface area contributed by atoms with Gasteiger partial charge in [-0.05, 0) is 6.07 Å². The van der Waals surface area contributed by atoms with Gasteiger partial charge in [-0.3, -0.25) is 14.9 Å². The molecule has 0 bridgehead atoms. The number of carbonyl (C=O) groups is 1. The van der Waals surface area contributed by atoms with Gasteiger partial charge in [0.25, 0.3) is 5.91 Å². The van der Waals surface area contributed by atoms with Gasteiger partial charge in [0.05, 0.1) is 18.2 Å². The van der Waals surface area contributed by atoms with Crippen LogP contribution >= 0.6 is 0 Å². The maximum atomic E-state index is 11.8. The molecule has 1 amide bonds. The molecule has 0 spiro atoms. The van der Waals surface area contributed by atoms with Crippen LogP contribution in [0, 0.1) is 10.1 Å². The third kappa shape index (κ3) is 2.49. The molecular formula is C10H13N3O5. The molecule has 8 nitrogen and oxygen atoms in total. The van der Waals surface area contributed by atoms with Crippen molar-refractivity contribution >= 4 is 11.8 Å². The maximum Gasteiger partial charge on any atom is 0.433 e. The summed E-state index contributed by atoms with van der Waals surface area (Å²) in [6.45, 7) is 1.24. The first-order chi connectivity index (χ1) is 8.61. The highest BCUT2D eigenvalue weighted by molar-refractivity contribution is 5.92. The SMILES string of the molecule is CO[C@H]1CNCC1NC(=O)c1ccc([N+](=O)[O-])o1. The van der Waals surface area contributed by atoms with Gasteiger partial charge in [-0.25, -0.2) is 0 Å². The third-order valence-electron chi connectivity index (χ3n) is 2.77. The van der Waals surface area contributed by atoms with Crippen LogP contribution in [0.2, 0.25) is 0 Å². The third-order valence-corrected chi connectivity index (χ3v) is 2.77. The fraction of sp³-hybridized carbons (Fsp3) is 0.500. The van der Waals surface area contributed by atoms with E-state index in [4.69, 9.17) is 9.15 Å². The van der Waals surface area contributed by atoms with Crippen LogP contribution in [0.1, 0.15) is 10.6 Å². The largest absolute Gasteiger partial charge is 0.433 e. The van der Waals surface area contributed by atoms with Crippen LogP contribution in [0.5, 0.6) is 0 Å². The van der Waals surface area contributed by atoms with Gasteiger partial charge < -0.3 is 19.8 Å². The predicted octanol–water partition coefficient (Wildman–Crippen LogP) is -0.0956. The average molecular weight is 255 g/mol. The highest BCUT2D eigenvalue weighted by Gasteiger charge is 2.29. The van der Waals surface area contributed by atoms with E-state index in [1.807, 2.05) is 0 Å². The Morgan fingerprint density at radius 1 is 1.61 bits per heavy atom. The molecular weight excluding hydrogens is 242 g/mol. The lowest BCUT2D eigenvalue weighted by Gasteiger charge is -2.17. The zero-order chi connectivity index (χ0) is 13.1. The van der Waals surface area contributed by atoms with Crippen molar-refractivity contribution in [2.75, 3.05) is 20.2 Å². The van der Waals surface area contributed by atoms with Crippen LogP contribution < -0.4 is 10.6 Å². The van der Waals surface area contributed by atoms with E-state index in [1.54, 1.807) is 7.11 Å². The second kappa shape index (κ2) is 5.15.